The van der Waals surface area contributed by atoms with E-state index in [2.05, 4.69) is 12.2 Å². The van der Waals surface area contributed by atoms with Crippen molar-refractivity contribution in [3.63, 3.8) is 0 Å². The monoisotopic (exact) mass is 367 g/mol. The van der Waals surface area contributed by atoms with Gasteiger partial charge in [-0.2, -0.15) is 0 Å². The number of hydrogen-bond acceptors (Lipinski definition) is 0. The third-order valence-electron chi connectivity index (χ3n) is 0.494. The average molecular weight is 367 g/mol. The van der Waals surface area contributed by atoms with E-state index in [4.69, 9.17) is 0 Å². The third-order valence-corrected chi connectivity index (χ3v) is 0.494. The molecule has 4 heteroatoms. The Labute approximate surface area is 141 Å². The molecule has 55 valence electrons. The Morgan fingerprint density at radius 1 is 1.20 bits per heavy atom. The van der Waals surface area contributed by atoms with Gasteiger partial charge in [-0.05, 0) is 0 Å². The first-order chi connectivity index (χ1) is 2.77. The van der Waals surface area contributed by atoms with Gasteiger partial charge in [0.2, 0.25) is 0 Å². The molecule has 0 rings (SSSR count). The fourth-order valence-electron chi connectivity index (χ4n) is 0.258. The van der Waals surface area contributed by atoms with Crippen LogP contribution in [0.5, 0.6) is 0 Å². The Morgan fingerprint density at radius 2 is 1.50 bits per heavy atom. The predicted molar refractivity (Wildman–Crippen MR) is 35.1 cm³/mol. The molecule has 0 bridgehead atoms. The topological polar surface area (TPSA) is 14.1 Å². The zero-order valence-electron chi connectivity index (χ0n) is 7.17. The summed E-state index contributed by atoms with van der Waals surface area (Å²) in [4.78, 5) is 0. The molecule has 0 aromatic heterocycles. The van der Waals surface area contributed by atoms with E-state index in [-0.39, 0.29) is 106 Å². The van der Waals surface area contributed by atoms with E-state index in [1.807, 2.05) is 13.8 Å². The molecule has 0 spiro atoms. The number of hydrogen-bond donors (Lipinski definition) is 0. The van der Waals surface area contributed by atoms with E-state index in [0.29, 0.717) is 12.6 Å². The van der Waals surface area contributed by atoms with Crippen LogP contribution in [0.1, 0.15) is 13.8 Å². The molecule has 0 aromatic rings. The summed E-state index contributed by atoms with van der Waals surface area (Å²) in [5.74, 6) is 0. The molecule has 0 fully saturated rings. The van der Waals surface area contributed by atoms with Crippen molar-refractivity contribution >= 4 is 0 Å². The molecule has 0 aliphatic rings. The van der Waals surface area contributed by atoms with Crippen molar-refractivity contribution in [2.45, 2.75) is 19.9 Å². The van der Waals surface area contributed by atoms with Gasteiger partial charge in [0.25, 0.3) is 0 Å². The molecule has 0 N–H and O–H groups in total. The summed E-state index contributed by atoms with van der Waals surface area (Å²) in [6.07, 6.45) is 0. The van der Waals surface area contributed by atoms with Gasteiger partial charge in [-0.3, -0.25) is 6.54 Å². The largest absolute Gasteiger partial charge is 0.686 e. The summed E-state index contributed by atoms with van der Waals surface area (Å²) in [7, 11) is 0. The third kappa shape index (κ3) is 30.2. The summed E-state index contributed by atoms with van der Waals surface area (Å²) >= 11 is 0. The van der Waals surface area contributed by atoms with Crippen LogP contribution in [0.15, 0.2) is 0 Å². The van der Waals surface area contributed by atoms with Crippen molar-refractivity contribution in [3.05, 3.63) is 19.7 Å². The molecule has 0 aromatic carbocycles. The molecular formula is C6H14NY3-3. The molecule has 0 saturated carbocycles. The van der Waals surface area contributed by atoms with Gasteiger partial charge in [0, 0.05) is 98.1 Å². The van der Waals surface area contributed by atoms with E-state index in [1.165, 1.54) is 0 Å². The molecule has 1 nitrogen and oxygen atoms in total. The number of nitrogens with zero attached hydrogens (tertiary/aromatic N) is 1. The maximum atomic E-state index is 4.01. The molecule has 0 aliphatic heterocycles. The Kier molecular flexibility index (Phi) is 66.6. The second-order valence-corrected chi connectivity index (χ2v) is 1.50. The van der Waals surface area contributed by atoms with Gasteiger partial charge >= 0.3 is 0 Å². The summed E-state index contributed by atoms with van der Waals surface area (Å²) < 4.78 is 0. The van der Waals surface area contributed by atoms with Gasteiger partial charge in [-0.1, -0.05) is 13.8 Å². The smallest absolute Gasteiger partial charge is 0 e. The Hall–Kier alpha value is 3.27. The first-order valence-electron chi connectivity index (χ1n) is 2.23. The van der Waals surface area contributed by atoms with Crippen LogP contribution in [0.3, 0.4) is 0 Å². The zero-order valence-corrected chi connectivity index (χ0v) is 15.7. The van der Waals surface area contributed by atoms with Crippen LogP contribution in [0, 0.1) is 14.4 Å². The first kappa shape index (κ1) is 29.2. The first-order valence-corrected chi connectivity index (χ1v) is 2.23. The molecular weight excluding hydrogens is 353 g/mol. The SMILES string of the molecule is [CH2-]C[N-]C(C)C.[CH3-].[Y].[Y].[Y]. The fourth-order valence-corrected chi connectivity index (χ4v) is 0.258. The van der Waals surface area contributed by atoms with Gasteiger partial charge in [-0.25, -0.2) is 0 Å². The van der Waals surface area contributed by atoms with Crippen molar-refractivity contribution < 1.29 is 98.1 Å². The van der Waals surface area contributed by atoms with Crippen molar-refractivity contribution in [2.24, 2.45) is 0 Å². The van der Waals surface area contributed by atoms with Crippen molar-refractivity contribution in [1.29, 1.82) is 0 Å². The quantitative estimate of drug-likeness (QED) is 0.664. The van der Waals surface area contributed by atoms with Crippen LogP contribution in [-0.2, 0) is 98.1 Å². The van der Waals surface area contributed by atoms with E-state index in [1.54, 1.807) is 0 Å². The van der Waals surface area contributed by atoms with Crippen LogP contribution in [0.25, 0.3) is 5.32 Å². The maximum Gasteiger partial charge on any atom is 0 e. The fraction of sp³-hybridized carbons (Fsp3) is 0.667. The molecule has 0 saturated heterocycles. The second-order valence-electron chi connectivity index (χ2n) is 1.50. The van der Waals surface area contributed by atoms with Gasteiger partial charge in [0.15, 0.2) is 0 Å². The van der Waals surface area contributed by atoms with Crippen LogP contribution in [0.2, 0.25) is 0 Å². The molecule has 0 unspecified atom stereocenters. The van der Waals surface area contributed by atoms with Gasteiger partial charge in [0.05, 0.1) is 0 Å². The zero-order chi connectivity index (χ0) is 4.99. The molecule has 10 heavy (non-hydrogen) atoms. The van der Waals surface area contributed by atoms with E-state index in [9.17, 15) is 0 Å². The van der Waals surface area contributed by atoms with Crippen LogP contribution < -0.4 is 0 Å². The molecule has 0 aliphatic carbocycles. The van der Waals surface area contributed by atoms with Crippen LogP contribution in [0.4, 0.5) is 0 Å². The van der Waals surface area contributed by atoms with Gasteiger partial charge in [0.1, 0.15) is 0 Å². The van der Waals surface area contributed by atoms with E-state index < -0.39 is 0 Å². The number of rotatable bonds is 2. The molecule has 0 amide bonds. The van der Waals surface area contributed by atoms with Gasteiger partial charge < -0.3 is 19.7 Å². The van der Waals surface area contributed by atoms with Crippen LogP contribution >= 0.6 is 0 Å². The summed E-state index contributed by atoms with van der Waals surface area (Å²) in [6, 6.07) is 0.461. The summed E-state index contributed by atoms with van der Waals surface area (Å²) in [5.41, 5.74) is 0. The molecule has 0 atom stereocenters. The van der Waals surface area contributed by atoms with E-state index in [0.717, 1.165) is 0 Å². The van der Waals surface area contributed by atoms with Crippen molar-refractivity contribution in [2.75, 3.05) is 6.54 Å². The normalized spacial score (nSPS) is 6.00. The standard InChI is InChI=1S/C5H11N.CH3.3Y/c1-4-6-5(2)3;;;;/h5H,1,4H2,2-3H3;1H3;;;/q-2;-1;;;. The minimum atomic E-state index is 0. The van der Waals surface area contributed by atoms with Gasteiger partial charge in [-0.15, -0.1) is 6.04 Å². The Balaban J connectivity index is -0.0000000208. The molecule has 0 heterocycles. The second kappa shape index (κ2) is 22.8. The minimum Gasteiger partial charge on any atom is -0.686 e. The summed E-state index contributed by atoms with van der Waals surface area (Å²) in [6.45, 7) is 8.36. The Bertz CT molecular complexity index is 34.2. The molecule has 3 radical (unpaired) electrons. The Morgan fingerprint density at radius 3 is 1.50 bits per heavy atom. The predicted octanol–water partition coefficient (Wildman–Crippen LogP) is 2.05. The van der Waals surface area contributed by atoms with E-state index >= 15 is 0 Å². The van der Waals surface area contributed by atoms with Crippen LogP contribution in [-0.4, -0.2) is 12.6 Å². The van der Waals surface area contributed by atoms with Crippen molar-refractivity contribution in [1.82, 2.24) is 0 Å². The minimum absolute atomic E-state index is 0. The maximum absolute atomic E-state index is 4.01. The summed E-state index contributed by atoms with van der Waals surface area (Å²) in [5, 5.41) is 4.01. The van der Waals surface area contributed by atoms with Crippen molar-refractivity contribution in [3.8, 4) is 0 Å². The average Bonchev–Trinajstić information content (AvgIpc) is 1.35.